The van der Waals surface area contributed by atoms with Gasteiger partial charge in [-0.3, -0.25) is 9.36 Å². The Morgan fingerprint density at radius 3 is 2.63 bits per heavy atom. The third kappa shape index (κ3) is 4.68. The van der Waals surface area contributed by atoms with Gasteiger partial charge in [0.25, 0.3) is 0 Å². The topological polar surface area (TPSA) is 66.1 Å². The van der Waals surface area contributed by atoms with Crippen molar-refractivity contribution in [1.82, 2.24) is 24.9 Å². The lowest BCUT2D eigenvalue weighted by Crippen LogP contribution is -2.29. The quantitative estimate of drug-likeness (QED) is 0.410. The van der Waals surface area contributed by atoms with Crippen LogP contribution in [0.4, 0.5) is 0 Å². The molecule has 1 aliphatic heterocycles. The van der Waals surface area contributed by atoms with E-state index in [0.29, 0.717) is 12.6 Å². The second-order valence-electron chi connectivity index (χ2n) is 9.19. The fourth-order valence-corrected chi connectivity index (χ4v) is 4.81. The summed E-state index contributed by atoms with van der Waals surface area (Å²) in [6, 6.07) is 15.0. The van der Waals surface area contributed by atoms with Crippen LogP contribution in [0, 0.1) is 13.8 Å². The zero-order valence-electron chi connectivity index (χ0n) is 20.9. The maximum absolute atomic E-state index is 5.67. The molecule has 0 unspecified atom stereocenters. The SMILES string of the molecule is COc1ccc(Cn2nc(-c3cnn(C4CCNCC4)c3)cc2-c2cccc(C)c2C)c(OC)c1. The van der Waals surface area contributed by atoms with E-state index in [1.807, 2.05) is 24.4 Å². The van der Waals surface area contributed by atoms with Crippen molar-refractivity contribution < 1.29 is 9.47 Å². The van der Waals surface area contributed by atoms with E-state index < -0.39 is 0 Å². The molecule has 0 bridgehead atoms. The van der Waals surface area contributed by atoms with Crippen LogP contribution in [0.25, 0.3) is 22.5 Å². The van der Waals surface area contributed by atoms with Crippen LogP contribution < -0.4 is 14.8 Å². The van der Waals surface area contributed by atoms with Gasteiger partial charge in [-0.25, -0.2) is 0 Å². The van der Waals surface area contributed by atoms with Crippen molar-refractivity contribution in [2.45, 2.75) is 39.3 Å². The first-order valence-electron chi connectivity index (χ1n) is 12.2. The van der Waals surface area contributed by atoms with Gasteiger partial charge < -0.3 is 14.8 Å². The first kappa shape index (κ1) is 23.2. The van der Waals surface area contributed by atoms with Gasteiger partial charge in [0.1, 0.15) is 11.5 Å². The molecule has 3 heterocycles. The molecule has 7 nitrogen and oxygen atoms in total. The number of piperidine rings is 1. The Labute approximate surface area is 206 Å². The fourth-order valence-electron chi connectivity index (χ4n) is 4.81. The van der Waals surface area contributed by atoms with Crippen LogP contribution in [0.1, 0.15) is 35.6 Å². The van der Waals surface area contributed by atoms with Crippen molar-refractivity contribution >= 4 is 0 Å². The molecule has 0 radical (unpaired) electrons. The lowest BCUT2D eigenvalue weighted by molar-refractivity contribution is 0.343. The highest BCUT2D eigenvalue weighted by Crippen LogP contribution is 2.33. The molecule has 1 saturated heterocycles. The highest BCUT2D eigenvalue weighted by atomic mass is 16.5. The van der Waals surface area contributed by atoms with Crippen LogP contribution in [0.5, 0.6) is 11.5 Å². The summed E-state index contributed by atoms with van der Waals surface area (Å²) in [5.74, 6) is 1.55. The molecule has 5 rings (SSSR count). The number of nitrogens with one attached hydrogen (secondary N) is 1. The van der Waals surface area contributed by atoms with E-state index in [0.717, 1.165) is 59.9 Å². The molecule has 35 heavy (non-hydrogen) atoms. The van der Waals surface area contributed by atoms with E-state index in [9.17, 15) is 0 Å². The Balaban J connectivity index is 1.56. The molecule has 0 atom stereocenters. The Morgan fingerprint density at radius 2 is 1.86 bits per heavy atom. The van der Waals surface area contributed by atoms with Gasteiger partial charge in [-0.1, -0.05) is 18.2 Å². The van der Waals surface area contributed by atoms with Gasteiger partial charge >= 0.3 is 0 Å². The standard InChI is InChI=1S/C28H33N5O2/c1-19-6-5-7-25(20(19)2)27-15-26(22-16-30-32(18-22)23-10-12-29-13-11-23)31-33(27)17-21-8-9-24(34-3)14-28(21)35-4/h5-9,14-16,18,23,29H,10-13,17H2,1-4H3. The summed E-state index contributed by atoms with van der Waals surface area (Å²) in [7, 11) is 3.35. The van der Waals surface area contributed by atoms with E-state index >= 15 is 0 Å². The second-order valence-corrected chi connectivity index (χ2v) is 9.19. The van der Waals surface area contributed by atoms with Gasteiger partial charge in [-0.2, -0.15) is 10.2 Å². The van der Waals surface area contributed by atoms with Crippen LogP contribution in [0.15, 0.2) is 54.9 Å². The maximum atomic E-state index is 5.67. The maximum Gasteiger partial charge on any atom is 0.127 e. The number of rotatable bonds is 7. The normalized spacial score (nSPS) is 14.3. The predicted molar refractivity (Wildman–Crippen MR) is 138 cm³/mol. The molecule has 1 aliphatic rings. The molecular formula is C28H33N5O2. The molecule has 2 aromatic carbocycles. The van der Waals surface area contributed by atoms with Crippen LogP contribution in [-0.2, 0) is 6.54 Å². The summed E-state index contributed by atoms with van der Waals surface area (Å²) >= 11 is 0. The van der Waals surface area contributed by atoms with Crippen molar-refractivity contribution in [1.29, 1.82) is 0 Å². The number of hydrogen-bond acceptors (Lipinski definition) is 5. The summed E-state index contributed by atoms with van der Waals surface area (Å²) in [4.78, 5) is 0. The third-order valence-corrected chi connectivity index (χ3v) is 7.05. The van der Waals surface area contributed by atoms with Crippen molar-refractivity contribution in [3.8, 4) is 34.0 Å². The summed E-state index contributed by atoms with van der Waals surface area (Å²) in [5, 5.41) is 13.2. The molecule has 182 valence electrons. The van der Waals surface area contributed by atoms with Crippen molar-refractivity contribution in [3.63, 3.8) is 0 Å². The molecule has 7 heteroatoms. The number of aromatic nitrogens is 4. The second kappa shape index (κ2) is 9.96. The largest absolute Gasteiger partial charge is 0.497 e. The van der Waals surface area contributed by atoms with Gasteiger partial charge in [-0.15, -0.1) is 0 Å². The molecular weight excluding hydrogens is 438 g/mol. The van der Waals surface area contributed by atoms with Gasteiger partial charge in [-0.05, 0) is 69.1 Å². The third-order valence-electron chi connectivity index (χ3n) is 7.05. The zero-order valence-corrected chi connectivity index (χ0v) is 20.9. The van der Waals surface area contributed by atoms with E-state index in [4.69, 9.17) is 19.7 Å². The Hall–Kier alpha value is -3.58. The van der Waals surface area contributed by atoms with E-state index in [-0.39, 0.29) is 0 Å². The lowest BCUT2D eigenvalue weighted by atomic mass is 10.0. The van der Waals surface area contributed by atoms with Gasteiger partial charge in [0.05, 0.1) is 44.4 Å². The van der Waals surface area contributed by atoms with E-state index in [2.05, 4.69) is 59.0 Å². The number of ether oxygens (including phenoxy) is 2. The highest BCUT2D eigenvalue weighted by Gasteiger charge is 2.19. The first-order valence-corrected chi connectivity index (χ1v) is 12.2. The Morgan fingerprint density at radius 1 is 1.03 bits per heavy atom. The van der Waals surface area contributed by atoms with Gasteiger partial charge in [0.15, 0.2) is 0 Å². The average Bonchev–Trinajstić information content (AvgIpc) is 3.54. The number of aryl methyl sites for hydroxylation is 1. The summed E-state index contributed by atoms with van der Waals surface area (Å²) in [6.07, 6.45) is 6.28. The lowest BCUT2D eigenvalue weighted by Gasteiger charge is -2.22. The number of methoxy groups -OCH3 is 2. The molecule has 1 fully saturated rings. The van der Waals surface area contributed by atoms with Crippen LogP contribution in [0.3, 0.4) is 0 Å². The molecule has 4 aromatic rings. The number of benzene rings is 2. The van der Waals surface area contributed by atoms with E-state index in [1.165, 1.54) is 16.7 Å². The molecule has 0 amide bonds. The average molecular weight is 472 g/mol. The predicted octanol–water partition coefficient (Wildman–Crippen LogP) is 5.02. The smallest absolute Gasteiger partial charge is 0.127 e. The van der Waals surface area contributed by atoms with Crippen molar-refractivity contribution in [2.75, 3.05) is 27.3 Å². The number of nitrogens with zero attached hydrogens (tertiary/aromatic N) is 4. The summed E-state index contributed by atoms with van der Waals surface area (Å²) in [6.45, 7) is 6.98. The minimum Gasteiger partial charge on any atom is -0.497 e. The van der Waals surface area contributed by atoms with Crippen molar-refractivity contribution in [3.05, 3.63) is 71.5 Å². The minimum absolute atomic E-state index is 0.439. The number of hydrogen-bond donors (Lipinski definition) is 1. The summed E-state index contributed by atoms with van der Waals surface area (Å²) < 4.78 is 15.2. The molecule has 0 aliphatic carbocycles. The molecule has 2 aromatic heterocycles. The van der Waals surface area contributed by atoms with Gasteiger partial charge in [0, 0.05) is 29.0 Å². The van der Waals surface area contributed by atoms with E-state index in [1.54, 1.807) is 14.2 Å². The summed E-state index contributed by atoms with van der Waals surface area (Å²) in [5.41, 5.74) is 7.78. The highest BCUT2D eigenvalue weighted by molar-refractivity contribution is 5.71. The first-order chi connectivity index (χ1) is 17.1. The minimum atomic E-state index is 0.439. The fraction of sp³-hybridized carbons (Fsp3) is 0.357. The van der Waals surface area contributed by atoms with Gasteiger partial charge in [0.2, 0.25) is 0 Å². The monoisotopic (exact) mass is 471 g/mol. The molecule has 0 spiro atoms. The Kier molecular flexibility index (Phi) is 6.59. The van der Waals surface area contributed by atoms with Crippen LogP contribution >= 0.6 is 0 Å². The molecule has 0 saturated carbocycles. The van der Waals surface area contributed by atoms with Crippen LogP contribution in [0.2, 0.25) is 0 Å². The van der Waals surface area contributed by atoms with Crippen molar-refractivity contribution in [2.24, 2.45) is 0 Å². The molecule has 1 N–H and O–H groups in total. The Bertz CT molecular complexity index is 1320. The zero-order chi connectivity index (χ0) is 24.4. The van der Waals surface area contributed by atoms with Crippen LogP contribution in [-0.4, -0.2) is 46.9 Å².